The van der Waals surface area contributed by atoms with Gasteiger partial charge in [-0.05, 0) is 46.1 Å². The Bertz CT molecular complexity index is 465. The number of halogens is 1. The highest BCUT2D eigenvalue weighted by Gasteiger charge is 2.01. The fourth-order valence-corrected chi connectivity index (χ4v) is 2.07. The molecule has 0 aromatic heterocycles. The van der Waals surface area contributed by atoms with Crippen LogP contribution in [0.2, 0.25) is 0 Å². The van der Waals surface area contributed by atoms with Gasteiger partial charge in [0, 0.05) is 0 Å². The van der Waals surface area contributed by atoms with Gasteiger partial charge in [-0.3, -0.25) is 0 Å². The first kappa shape index (κ1) is 11.2. The summed E-state index contributed by atoms with van der Waals surface area (Å²) in [6.45, 7) is 2.66. The largest absolute Gasteiger partial charge is 0.488 e. The average Bonchev–Trinajstić information content (AvgIpc) is 2.29. The molecule has 1 nitrogen and oxygen atoms in total. The van der Waals surface area contributed by atoms with Gasteiger partial charge in [0.25, 0.3) is 0 Å². The highest BCUT2D eigenvalue weighted by atomic mass is 79.9. The van der Waals surface area contributed by atoms with E-state index >= 15 is 0 Å². The van der Waals surface area contributed by atoms with Crippen molar-refractivity contribution in [1.82, 2.24) is 0 Å². The Balaban J connectivity index is 2.05. The van der Waals surface area contributed by atoms with Gasteiger partial charge in [0.05, 0.1) is 4.47 Å². The van der Waals surface area contributed by atoms with Gasteiger partial charge in [-0.25, -0.2) is 0 Å². The predicted octanol–water partition coefficient (Wildman–Crippen LogP) is 4.34. The number of hydrogen-bond donors (Lipinski definition) is 0. The third kappa shape index (κ3) is 2.86. The van der Waals surface area contributed by atoms with E-state index in [1.807, 2.05) is 30.3 Å². The number of rotatable bonds is 3. The van der Waals surface area contributed by atoms with Gasteiger partial charge >= 0.3 is 0 Å². The van der Waals surface area contributed by atoms with Crippen molar-refractivity contribution in [2.75, 3.05) is 0 Å². The fourth-order valence-electron chi connectivity index (χ4n) is 1.46. The molecule has 0 atom stereocenters. The van der Waals surface area contributed by atoms with Gasteiger partial charge in [0.2, 0.25) is 0 Å². The summed E-state index contributed by atoms with van der Waals surface area (Å²) in [5, 5.41) is 0. The van der Waals surface area contributed by atoms with Crippen molar-refractivity contribution in [3.8, 4) is 5.75 Å². The Hall–Kier alpha value is -1.28. The molecule has 0 radical (unpaired) electrons. The van der Waals surface area contributed by atoms with E-state index in [2.05, 4.69) is 41.1 Å². The lowest BCUT2D eigenvalue weighted by atomic mass is 10.2. The third-order valence-electron chi connectivity index (χ3n) is 2.32. The minimum absolute atomic E-state index is 0.600. The van der Waals surface area contributed by atoms with E-state index in [9.17, 15) is 0 Å². The van der Waals surface area contributed by atoms with Crippen molar-refractivity contribution in [2.24, 2.45) is 0 Å². The number of ether oxygens (including phenoxy) is 1. The van der Waals surface area contributed by atoms with Gasteiger partial charge in [-0.15, -0.1) is 0 Å². The van der Waals surface area contributed by atoms with Crippen LogP contribution in [0.3, 0.4) is 0 Å². The first-order chi connectivity index (χ1) is 7.75. The number of aryl methyl sites for hydroxylation is 1. The summed E-state index contributed by atoms with van der Waals surface area (Å²) < 4.78 is 6.73. The zero-order valence-corrected chi connectivity index (χ0v) is 10.7. The van der Waals surface area contributed by atoms with Crippen LogP contribution in [0.4, 0.5) is 0 Å². The lowest BCUT2D eigenvalue weighted by molar-refractivity contribution is 0.304. The van der Waals surface area contributed by atoms with Gasteiger partial charge < -0.3 is 4.74 Å². The van der Waals surface area contributed by atoms with Crippen LogP contribution in [0.5, 0.6) is 5.75 Å². The van der Waals surface area contributed by atoms with Crippen molar-refractivity contribution in [2.45, 2.75) is 13.5 Å². The monoisotopic (exact) mass is 276 g/mol. The second-order valence-corrected chi connectivity index (χ2v) is 4.56. The van der Waals surface area contributed by atoms with E-state index in [4.69, 9.17) is 4.74 Å². The van der Waals surface area contributed by atoms with Crippen LogP contribution in [0.15, 0.2) is 53.0 Å². The average molecular weight is 277 g/mol. The van der Waals surface area contributed by atoms with Gasteiger partial charge in [0.1, 0.15) is 12.4 Å². The quantitative estimate of drug-likeness (QED) is 0.811. The highest BCUT2D eigenvalue weighted by molar-refractivity contribution is 9.10. The Morgan fingerprint density at radius 2 is 1.81 bits per heavy atom. The van der Waals surface area contributed by atoms with Crippen molar-refractivity contribution in [3.05, 3.63) is 64.1 Å². The molecule has 0 bridgehead atoms. The molecule has 2 aromatic rings. The lowest BCUT2D eigenvalue weighted by Crippen LogP contribution is -1.95. The first-order valence-electron chi connectivity index (χ1n) is 5.18. The maximum Gasteiger partial charge on any atom is 0.134 e. The lowest BCUT2D eigenvalue weighted by Gasteiger charge is -2.08. The molecule has 0 aliphatic heterocycles. The topological polar surface area (TPSA) is 9.23 Å². The molecule has 0 amide bonds. The Labute approximate surface area is 104 Å². The standard InChI is InChI=1S/C14H13BrO/c1-11-7-8-14(13(15)9-11)16-10-12-5-3-2-4-6-12/h2-9H,10H2,1H3. The summed E-state index contributed by atoms with van der Waals surface area (Å²) in [5.74, 6) is 0.884. The molecule has 0 saturated carbocycles. The molecule has 0 spiro atoms. The van der Waals surface area contributed by atoms with Crippen molar-refractivity contribution in [3.63, 3.8) is 0 Å². The SMILES string of the molecule is Cc1ccc(OCc2ccccc2)c(Br)c1. The molecule has 0 aliphatic carbocycles. The molecular weight excluding hydrogens is 264 g/mol. The second kappa shape index (κ2) is 5.17. The minimum Gasteiger partial charge on any atom is -0.488 e. The molecule has 0 saturated heterocycles. The molecule has 16 heavy (non-hydrogen) atoms. The van der Waals surface area contributed by atoms with E-state index in [1.54, 1.807) is 0 Å². The zero-order chi connectivity index (χ0) is 11.4. The van der Waals surface area contributed by atoms with Crippen molar-refractivity contribution in [1.29, 1.82) is 0 Å². The van der Waals surface area contributed by atoms with E-state index in [0.29, 0.717) is 6.61 Å². The van der Waals surface area contributed by atoms with E-state index in [-0.39, 0.29) is 0 Å². The number of hydrogen-bond acceptors (Lipinski definition) is 1. The predicted molar refractivity (Wildman–Crippen MR) is 69.7 cm³/mol. The van der Waals surface area contributed by atoms with Crippen LogP contribution in [0.25, 0.3) is 0 Å². The summed E-state index contributed by atoms with van der Waals surface area (Å²) in [4.78, 5) is 0. The smallest absolute Gasteiger partial charge is 0.134 e. The van der Waals surface area contributed by atoms with E-state index in [0.717, 1.165) is 10.2 Å². The fraction of sp³-hybridized carbons (Fsp3) is 0.143. The molecule has 0 heterocycles. The summed E-state index contributed by atoms with van der Waals surface area (Å²) >= 11 is 3.50. The minimum atomic E-state index is 0.600. The molecule has 0 fully saturated rings. The maximum atomic E-state index is 5.73. The van der Waals surface area contributed by atoms with Crippen LogP contribution in [0, 0.1) is 6.92 Å². The van der Waals surface area contributed by atoms with Crippen LogP contribution in [-0.4, -0.2) is 0 Å². The molecule has 0 aliphatic rings. The van der Waals surface area contributed by atoms with Gasteiger partial charge in [-0.2, -0.15) is 0 Å². The molecular formula is C14H13BrO. The molecule has 82 valence electrons. The second-order valence-electron chi connectivity index (χ2n) is 3.71. The highest BCUT2D eigenvalue weighted by Crippen LogP contribution is 2.26. The van der Waals surface area contributed by atoms with E-state index in [1.165, 1.54) is 11.1 Å². The van der Waals surface area contributed by atoms with Crippen LogP contribution < -0.4 is 4.74 Å². The molecule has 2 heteroatoms. The number of benzene rings is 2. The van der Waals surface area contributed by atoms with Crippen LogP contribution >= 0.6 is 15.9 Å². The summed E-state index contributed by atoms with van der Waals surface area (Å²) in [7, 11) is 0. The molecule has 2 rings (SSSR count). The summed E-state index contributed by atoms with van der Waals surface area (Å²) in [6, 6.07) is 16.2. The molecule has 0 unspecified atom stereocenters. The van der Waals surface area contributed by atoms with Gasteiger partial charge in [0.15, 0.2) is 0 Å². The van der Waals surface area contributed by atoms with Crippen LogP contribution in [0.1, 0.15) is 11.1 Å². The first-order valence-corrected chi connectivity index (χ1v) is 5.98. The summed E-state index contributed by atoms with van der Waals surface area (Å²) in [5.41, 5.74) is 2.40. The van der Waals surface area contributed by atoms with Crippen molar-refractivity contribution >= 4 is 15.9 Å². The maximum absolute atomic E-state index is 5.73. The third-order valence-corrected chi connectivity index (χ3v) is 2.94. The van der Waals surface area contributed by atoms with Gasteiger partial charge in [-0.1, -0.05) is 36.4 Å². The Morgan fingerprint density at radius 3 is 2.50 bits per heavy atom. The molecule has 2 aromatic carbocycles. The normalized spacial score (nSPS) is 10.1. The Kier molecular flexibility index (Phi) is 3.62. The van der Waals surface area contributed by atoms with Crippen molar-refractivity contribution < 1.29 is 4.74 Å². The summed E-state index contributed by atoms with van der Waals surface area (Å²) in [6.07, 6.45) is 0. The van der Waals surface area contributed by atoms with Crippen LogP contribution in [-0.2, 0) is 6.61 Å². The van der Waals surface area contributed by atoms with E-state index < -0.39 is 0 Å². The molecule has 0 N–H and O–H groups in total. The Morgan fingerprint density at radius 1 is 1.06 bits per heavy atom. The zero-order valence-electron chi connectivity index (χ0n) is 9.11.